The maximum absolute atomic E-state index is 10.6. The van der Waals surface area contributed by atoms with Crippen LogP contribution in [0.2, 0.25) is 0 Å². The van der Waals surface area contributed by atoms with Crippen molar-refractivity contribution >= 4 is 6.29 Å². The number of aldehydes is 1. The Kier molecular flexibility index (Phi) is 4.16. The van der Waals surface area contributed by atoms with Crippen molar-refractivity contribution in [2.45, 2.75) is 63.9 Å². The molecule has 0 aliphatic heterocycles. The quantitative estimate of drug-likeness (QED) is 0.665. The molecule has 130 valence electrons. The predicted molar refractivity (Wildman–Crippen MR) is 93.1 cm³/mol. The number of aromatic hydroxyl groups is 1. The number of ether oxygens (including phenoxy) is 1. The maximum Gasteiger partial charge on any atom is 0.122 e. The Bertz CT molecular complexity index is 626. The van der Waals surface area contributed by atoms with Crippen LogP contribution in [0.25, 0.3) is 0 Å². The molecule has 0 heterocycles. The third-order valence-electron chi connectivity index (χ3n) is 7.18. The van der Waals surface area contributed by atoms with Crippen LogP contribution in [0.4, 0.5) is 0 Å². The van der Waals surface area contributed by atoms with Gasteiger partial charge in [0, 0.05) is 6.42 Å². The van der Waals surface area contributed by atoms with Crippen molar-refractivity contribution in [3.63, 3.8) is 0 Å². The van der Waals surface area contributed by atoms with Gasteiger partial charge < -0.3 is 14.6 Å². The zero-order chi connectivity index (χ0) is 16.7. The lowest BCUT2D eigenvalue weighted by atomic mass is 9.55. The molecule has 0 spiro atoms. The third-order valence-corrected chi connectivity index (χ3v) is 7.18. The maximum atomic E-state index is 10.6. The number of phenolic OH excluding ortho intramolecular Hbond substituents is 1. The highest BCUT2D eigenvalue weighted by molar-refractivity contribution is 5.49. The van der Waals surface area contributed by atoms with Gasteiger partial charge in [0.1, 0.15) is 12.0 Å². The molecule has 3 nitrogen and oxygen atoms in total. The minimum atomic E-state index is 0.276. The van der Waals surface area contributed by atoms with Crippen molar-refractivity contribution in [1.29, 1.82) is 0 Å². The van der Waals surface area contributed by atoms with Gasteiger partial charge in [0.2, 0.25) is 0 Å². The lowest BCUT2D eigenvalue weighted by Gasteiger charge is -2.50. The number of carbonyl (C=O) groups is 1. The van der Waals surface area contributed by atoms with E-state index in [0.717, 1.165) is 31.0 Å². The number of fused-ring (bicyclic) bond motifs is 5. The van der Waals surface area contributed by atoms with Crippen LogP contribution in [0.3, 0.4) is 0 Å². The molecule has 0 saturated heterocycles. The van der Waals surface area contributed by atoms with Gasteiger partial charge in [-0.1, -0.05) is 13.0 Å². The number of aryl methyl sites for hydroxylation is 1. The van der Waals surface area contributed by atoms with Crippen LogP contribution in [0.15, 0.2) is 18.2 Å². The largest absolute Gasteiger partial charge is 0.508 e. The SMILES string of the molecule is CC12CCC3c4ccc(O)cc4CCC3C1CC[C@H]2OCCC=O. The number of hydrogen-bond donors (Lipinski definition) is 1. The van der Waals surface area contributed by atoms with E-state index in [1.54, 1.807) is 0 Å². The molecule has 4 unspecified atom stereocenters. The van der Waals surface area contributed by atoms with Crippen molar-refractivity contribution in [3.05, 3.63) is 29.3 Å². The molecule has 2 fully saturated rings. The first-order valence-corrected chi connectivity index (χ1v) is 9.50. The highest BCUT2D eigenvalue weighted by atomic mass is 16.5. The van der Waals surface area contributed by atoms with Gasteiger partial charge in [0.15, 0.2) is 0 Å². The van der Waals surface area contributed by atoms with Crippen molar-refractivity contribution in [2.75, 3.05) is 6.61 Å². The number of carbonyl (C=O) groups excluding carboxylic acids is 1. The van der Waals surface area contributed by atoms with Crippen LogP contribution < -0.4 is 0 Å². The van der Waals surface area contributed by atoms with Crippen LogP contribution in [0.1, 0.15) is 62.5 Å². The molecule has 4 rings (SSSR count). The van der Waals surface area contributed by atoms with Gasteiger partial charge in [-0.15, -0.1) is 0 Å². The molecule has 0 radical (unpaired) electrons. The standard InChI is InChI=1S/C21H28O3/c1-21-10-9-17-16-6-4-15(23)13-14(16)3-5-18(17)19(21)7-8-20(21)24-12-2-11-22/h4,6,11,13,17-20,23H,2-3,5,7-10,12H2,1H3/t17?,18?,19?,20-,21?/m1/s1. The smallest absolute Gasteiger partial charge is 0.122 e. The molecule has 0 amide bonds. The van der Waals surface area contributed by atoms with E-state index in [1.165, 1.54) is 36.8 Å². The van der Waals surface area contributed by atoms with Gasteiger partial charge in [-0.3, -0.25) is 0 Å². The van der Waals surface area contributed by atoms with E-state index >= 15 is 0 Å². The van der Waals surface area contributed by atoms with Gasteiger partial charge in [-0.2, -0.15) is 0 Å². The van der Waals surface area contributed by atoms with Crippen LogP contribution in [0, 0.1) is 17.3 Å². The molecular formula is C21H28O3. The summed E-state index contributed by atoms with van der Waals surface area (Å²) in [5, 5.41) is 9.77. The second kappa shape index (κ2) is 6.18. The molecular weight excluding hydrogens is 300 g/mol. The van der Waals surface area contributed by atoms with Crippen LogP contribution in [-0.2, 0) is 16.0 Å². The summed E-state index contributed by atoms with van der Waals surface area (Å²) in [6.45, 7) is 3.01. The van der Waals surface area contributed by atoms with Crippen molar-refractivity contribution in [2.24, 2.45) is 17.3 Å². The molecule has 1 aromatic rings. The Hall–Kier alpha value is -1.35. The molecule has 3 heteroatoms. The van der Waals surface area contributed by atoms with E-state index in [-0.39, 0.29) is 5.41 Å². The van der Waals surface area contributed by atoms with Crippen LogP contribution in [-0.4, -0.2) is 24.1 Å². The van der Waals surface area contributed by atoms with E-state index in [1.807, 2.05) is 12.1 Å². The first kappa shape index (κ1) is 16.1. The molecule has 0 aromatic heterocycles. The molecule has 3 aliphatic rings. The lowest BCUT2D eigenvalue weighted by Crippen LogP contribution is -2.44. The van der Waals surface area contributed by atoms with Gasteiger partial charge in [-0.25, -0.2) is 0 Å². The minimum Gasteiger partial charge on any atom is -0.508 e. The topological polar surface area (TPSA) is 46.5 Å². The Morgan fingerprint density at radius 2 is 2.17 bits per heavy atom. The highest BCUT2D eigenvalue weighted by Crippen LogP contribution is 2.61. The predicted octanol–water partition coefficient (Wildman–Crippen LogP) is 4.22. The average molecular weight is 328 g/mol. The van der Waals surface area contributed by atoms with Crippen molar-refractivity contribution in [1.82, 2.24) is 0 Å². The number of phenols is 1. The fourth-order valence-electron chi connectivity index (χ4n) is 6.05. The van der Waals surface area contributed by atoms with Crippen LogP contribution >= 0.6 is 0 Å². The minimum absolute atomic E-state index is 0.276. The average Bonchev–Trinajstić information content (AvgIpc) is 2.91. The molecule has 1 aromatic carbocycles. The molecule has 0 bridgehead atoms. The second-order valence-electron chi connectivity index (χ2n) is 8.24. The first-order chi connectivity index (χ1) is 11.6. The molecule has 3 aliphatic carbocycles. The summed E-state index contributed by atoms with van der Waals surface area (Å²) in [5.41, 5.74) is 3.12. The Labute approximate surface area is 144 Å². The third kappa shape index (κ3) is 2.48. The monoisotopic (exact) mass is 328 g/mol. The van der Waals surface area contributed by atoms with Gasteiger partial charge in [0.05, 0.1) is 12.7 Å². The van der Waals surface area contributed by atoms with Gasteiger partial charge in [0.25, 0.3) is 0 Å². The van der Waals surface area contributed by atoms with E-state index < -0.39 is 0 Å². The zero-order valence-electron chi connectivity index (χ0n) is 14.5. The lowest BCUT2D eigenvalue weighted by molar-refractivity contribution is -0.111. The summed E-state index contributed by atoms with van der Waals surface area (Å²) >= 11 is 0. The summed E-state index contributed by atoms with van der Waals surface area (Å²) < 4.78 is 6.12. The van der Waals surface area contributed by atoms with Gasteiger partial charge >= 0.3 is 0 Å². The summed E-state index contributed by atoms with van der Waals surface area (Å²) in [7, 11) is 0. The summed E-state index contributed by atoms with van der Waals surface area (Å²) in [4.78, 5) is 10.6. The summed E-state index contributed by atoms with van der Waals surface area (Å²) in [5.74, 6) is 2.54. The van der Waals surface area contributed by atoms with E-state index in [2.05, 4.69) is 13.0 Å². The first-order valence-electron chi connectivity index (χ1n) is 9.50. The van der Waals surface area contributed by atoms with Crippen molar-refractivity contribution in [3.8, 4) is 5.75 Å². The molecule has 2 saturated carbocycles. The zero-order valence-corrected chi connectivity index (χ0v) is 14.5. The molecule has 24 heavy (non-hydrogen) atoms. The number of hydrogen-bond acceptors (Lipinski definition) is 3. The summed E-state index contributed by atoms with van der Waals surface area (Å²) in [6.07, 6.45) is 8.97. The van der Waals surface area contributed by atoms with Crippen LogP contribution in [0.5, 0.6) is 5.75 Å². The summed E-state index contributed by atoms with van der Waals surface area (Å²) in [6, 6.07) is 5.99. The van der Waals surface area contributed by atoms with E-state index in [9.17, 15) is 9.90 Å². The normalized spacial score (nSPS) is 37.4. The Morgan fingerprint density at radius 3 is 3.00 bits per heavy atom. The highest BCUT2D eigenvalue weighted by Gasteiger charge is 2.55. The molecule has 1 N–H and O–H groups in total. The van der Waals surface area contributed by atoms with Gasteiger partial charge in [-0.05, 0) is 85.0 Å². The van der Waals surface area contributed by atoms with Crippen molar-refractivity contribution < 1.29 is 14.6 Å². The fraction of sp³-hybridized carbons (Fsp3) is 0.667. The Morgan fingerprint density at radius 1 is 1.29 bits per heavy atom. The second-order valence-corrected chi connectivity index (χ2v) is 8.24. The molecule has 5 atom stereocenters. The number of rotatable bonds is 4. The Balaban J connectivity index is 1.55. The van der Waals surface area contributed by atoms with E-state index in [0.29, 0.717) is 30.8 Å². The number of benzene rings is 1. The fourth-order valence-corrected chi connectivity index (χ4v) is 6.05. The van der Waals surface area contributed by atoms with E-state index in [4.69, 9.17) is 4.74 Å².